The van der Waals surface area contributed by atoms with E-state index in [1.54, 1.807) is 0 Å². The topological polar surface area (TPSA) is 83.6 Å². The highest BCUT2D eigenvalue weighted by Gasteiger charge is 2.26. The second kappa shape index (κ2) is 5.11. The molecule has 0 saturated carbocycles. The summed E-state index contributed by atoms with van der Waals surface area (Å²) in [6.45, 7) is 0. The van der Waals surface area contributed by atoms with Gasteiger partial charge in [-0.25, -0.2) is 9.18 Å². The number of aliphatic carboxylic acids is 1. The van der Waals surface area contributed by atoms with E-state index in [1.165, 1.54) is 19.2 Å². The molecule has 0 bridgehead atoms. The van der Waals surface area contributed by atoms with Gasteiger partial charge in [-0.3, -0.25) is 4.79 Å². The van der Waals surface area contributed by atoms with Gasteiger partial charge in [0.15, 0.2) is 6.04 Å². The maximum absolute atomic E-state index is 13.4. The number of nitrogens with zero attached hydrogens (tertiary/aromatic N) is 1. The second-order valence-electron chi connectivity index (χ2n) is 3.31. The van der Waals surface area contributed by atoms with Crippen molar-refractivity contribution < 1.29 is 19.1 Å². The van der Waals surface area contributed by atoms with Crippen molar-refractivity contribution in [3.05, 3.63) is 29.0 Å². The van der Waals surface area contributed by atoms with Crippen molar-refractivity contribution in [2.75, 3.05) is 11.9 Å². The molecule has 0 aliphatic rings. The summed E-state index contributed by atoms with van der Waals surface area (Å²) in [7, 11) is 1.22. The minimum atomic E-state index is -1.74. The third-order valence-electron chi connectivity index (χ3n) is 2.13. The first-order valence-corrected chi connectivity index (χ1v) is 4.93. The Morgan fingerprint density at radius 1 is 1.53 bits per heavy atom. The van der Waals surface area contributed by atoms with E-state index < -0.39 is 23.7 Å². The molecule has 5 nitrogen and oxygen atoms in total. The van der Waals surface area contributed by atoms with E-state index in [2.05, 4.69) is 0 Å². The van der Waals surface area contributed by atoms with Gasteiger partial charge in [0.25, 0.3) is 5.91 Å². The SMILES string of the molecule is CN(C(=O)C(N)C(=O)O)c1cc(Cl)ccc1F. The molecular formula is C10H10ClFN2O3. The molecule has 0 saturated heterocycles. The minimum Gasteiger partial charge on any atom is -0.480 e. The maximum atomic E-state index is 13.4. The number of hydrogen-bond donors (Lipinski definition) is 2. The van der Waals surface area contributed by atoms with Crippen LogP contribution in [0.25, 0.3) is 0 Å². The summed E-state index contributed by atoms with van der Waals surface area (Å²) >= 11 is 5.66. The number of hydrogen-bond acceptors (Lipinski definition) is 3. The van der Waals surface area contributed by atoms with Gasteiger partial charge in [0.2, 0.25) is 0 Å². The Balaban J connectivity index is 3.04. The summed E-state index contributed by atoms with van der Waals surface area (Å²) in [5.41, 5.74) is 5.01. The Kier molecular flexibility index (Phi) is 4.03. The zero-order valence-corrected chi connectivity index (χ0v) is 9.61. The lowest BCUT2D eigenvalue weighted by molar-refractivity contribution is -0.142. The van der Waals surface area contributed by atoms with Gasteiger partial charge in [-0.05, 0) is 18.2 Å². The number of carbonyl (C=O) groups excluding carboxylic acids is 1. The molecular weight excluding hydrogens is 251 g/mol. The van der Waals surface area contributed by atoms with Gasteiger partial charge in [0, 0.05) is 12.1 Å². The standard InChI is InChI=1S/C10H10ClFN2O3/c1-14(9(15)8(13)10(16)17)7-4-5(11)2-3-6(7)12/h2-4,8H,13H2,1H3,(H,16,17). The molecule has 0 aliphatic heterocycles. The van der Waals surface area contributed by atoms with Crippen molar-refractivity contribution in [2.45, 2.75) is 6.04 Å². The summed E-state index contributed by atoms with van der Waals surface area (Å²) in [5, 5.41) is 8.81. The van der Waals surface area contributed by atoms with Crippen LogP contribution in [0.15, 0.2) is 18.2 Å². The highest BCUT2D eigenvalue weighted by molar-refractivity contribution is 6.31. The minimum absolute atomic E-state index is 0.126. The Morgan fingerprint density at radius 2 is 2.12 bits per heavy atom. The maximum Gasteiger partial charge on any atom is 0.330 e. The van der Waals surface area contributed by atoms with Gasteiger partial charge in [-0.1, -0.05) is 11.6 Å². The van der Waals surface area contributed by atoms with Crippen LogP contribution in [0.4, 0.5) is 10.1 Å². The molecule has 1 unspecified atom stereocenters. The molecule has 1 atom stereocenters. The molecule has 7 heteroatoms. The number of carbonyl (C=O) groups is 2. The van der Waals surface area contributed by atoms with E-state index in [1.807, 2.05) is 0 Å². The number of anilines is 1. The lowest BCUT2D eigenvalue weighted by Crippen LogP contribution is -2.47. The van der Waals surface area contributed by atoms with Crippen molar-refractivity contribution in [1.82, 2.24) is 0 Å². The molecule has 0 heterocycles. The predicted octanol–water partition coefficient (Wildman–Crippen LogP) is 0.854. The van der Waals surface area contributed by atoms with E-state index in [0.717, 1.165) is 11.0 Å². The van der Waals surface area contributed by atoms with E-state index in [0.29, 0.717) is 0 Å². The number of benzene rings is 1. The average molecular weight is 261 g/mol. The van der Waals surface area contributed by atoms with Crippen LogP contribution in [0.5, 0.6) is 0 Å². The van der Waals surface area contributed by atoms with Gasteiger partial charge in [-0.2, -0.15) is 0 Å². The first kappa shape index (κ1) is 13.4. The Morgan fingerprint density at radius 3 is 2.65 bits per heavy atom. The van der Waals surface area contributed by atoms with Crippen LogP contribution in [0.1, 0.15) is 0 Å². The summed E-state index contributed by atoms with van der Waals surface area (Å²) in [5.74, 6) is -3.11. The summed E-state index contributed by atoms with van der Waals surface area (Å²) in [4.78, 5) is 22.9. The van der Waals surface area contributed by atoms with Gasteiger partial charge < -0.3 is 15.7 Å². The van der Waals surface area contributed by atoms with E-state index in [4.69, 9.17) is 22.4 Å². The number of amides is 1. The summed E-state index contributed by atoms with van der Waals surface area (Å²) in [6.07, 6.45) is 0. The van der Waals surface area contributed by atoms with Crippen molar-refractivity contribution in [3.8, 4) is 0 Å². The van der Waals surface area contributed by atoms with Crippen molar-refractivity contribution in [1.29, 1.82) is 0 Å². The first-order chi connectivity index (χ1) is 7.84. The molecule has 1 rings (SSSR count). The Bertz CT molecular complexity index is 467. The zero-order valence-electron chi connectivity index (χ0n) is 8.85. The fraction of sp³-hybridized carbons (Fsp3) is 0.200. The molecule has 0 aliphatic carbocycles. The van der Waals surface area contributed by atoms with Crippen LogP contribution >= 0.6 is 11.6 Å². The number of nitrogens with two attached hydrogens (primary N) is 1. The van der Waals surface area contributed by atoms with Crippen LogP contribution in [-0.2, 0) is 9.59 Å². The van der Waals surface area contributed by atoms with Crippen molar-refractivity contribution in [2.24, 2.45) is 5.73 Å². The van der Waals surface area contributed by atoms with Crippen LogP contribution in [0, 0.1) is 5.82 Å². The van der Waals surface area contributed by atoms with Crippen LogP contribution in [0.3, 0.4) is 0 Å². The molecule has 1 aromatic carbocycles. The van der Waals surface area contributed by atoms with Crippen molar-refractivity contribution in [3.63, 3.8) is 0 Å². The van der Waals surface area contributed by atoms with E-state index in [-0.39, 0.29) is 10.7 Å². The summed E-state index contributed by atoms with van der Waals surface area (Å²) in [6, 6.07) is 1.87. The molecule has 0 aromatic heterocycles. The number of halogens is 2. The Hall–Kier alpha value is -1.66. The largest absolute Gasteiger partial charge is 0.480 e. The quantitative estimate of drug-likeness (QED) is 0.790. The molecule has 1 amide bonds. The second-order valence-corrected chi connectivity index (χ2v) is 3.75. The molecule has 0 spiro atoms. The molecule has 92 valence electrons. The van der Waals surface area contributed by atoms with Crippen LogP contribution in [0.2, 0.25) is 5.02 Å². The predicted molar refractivity (Wildman–Crippen MR) is 60.4 cm³/mol. The van der Waals surface area contributed by atoms with Gasteiger partial charge in [0.05, 0.1) is 5.69 Å². The average Bonchev–Trinajstić information content (AvgIpc) is 2.29. The molecule has 17 heavy (non-hydrogen) atoms. The third-order valence-corrected chi connectivity index (χ3v) is 2.37. The highest BCUT2D eigenvalue weighted by atomic mass is 35.5. The summed E-state index contributed by atoms with van der Waals surface area (Å²) < 4.78 is 13.4. The fourth-order valence-electron chi connectivity index (χ4n) is 1.18. The van der Waals surface area contributed by atoms with Crippen LogP contribution in [-0.4, -0.2) is 30.1 Å². The van der Waals surface area contributed by atoms with Gasteiger partial charge >= 0.3 is 5.97 Å². The van der Waals surface area contributed by atoms with Crippen molar-refractivity contribution >= 4 is 29.2 Å². The monoisotopic (exact) mass is 260 g/mol. The Labute approximate surface area is 102 Å². The highest BCUT2D eigenvalue weighted by Crippen LogP contribution is 2.23. The van der Waals surface area contributed by atoms with Gasteiger partial charge in [-0.15, -0.1) is 0 Å². The fourth-order valence-corrected chi connectivity index (χ4v) is 1.34. The normalized spacial score (nSPS) is 12.0. The molecule has 0 radical (unpaired) electrons. The lowest BCUT2D eigenvalue weighted by Gasteiger charge is -2.20. The van der Waals surface area contributed by atoms with E-state index >= 15 is 0 Å². The first-order valence-electron chi connectivity index (χ1n) is 4.55. The smallest absolute Gasteiger partial charge is 0.330 e. The van der Waals surface area contributed by atoms with Crippen LogP contribution < -0.4 is 10.6 Å². The number of likely N-dealkylation sites (N-methyl/N-ethyl adjacent to an activating group) is 1. The third kappa shape index (κ3) is 2.92. The number of carboxylic acids is 1. The van der Waals surface area contributed by atoms with Gasteiger partial charge in [0.1, 0.15) is 5.82 Å². The molecule has 1 aromatic rings. The zero-order chi connectivity index (χ0) is 13.2. The number of rotatable bonds is 3. The molecule has 3 N–H and O–H groups in total. The molecule has 0 fully saturated rings. The van der Waals surface area contributed by atoms with E-state index in [9.17, 15) is 14.0 Å². The lowest BCUT2D eigenvalue weighted by atomic mass is 10.2. The number of carboxylic acid groups (broad SMARTS) is 1.